The Balaban J connectivity index is 1.36. The SMILES string of the molecule is Cc1nc(CC2CCN(c3ccc(C(=O)c4ccccc4)cc3)CC2)nc([C]=O)c1O. The Hall–Kier alpha value is -3.54. The Kier molecular flexibility index (Phi) is 6.07. The van der Waals surface area contributed by atoms with Crippen molar-refractivity contribution in [3.05, 3.63) is 82.9 Å². The van der Waals surface area contributed by atoms with Gasteiger partial charge in [0.15, 0.2) is 17.2 Å². The summed E-state index contributed by atoms with van der Waals surface area (Å²) in [7, 11) is 0. The number of aromatic hydroxyl groups is 1. The van der Waals surface area contributed by atoms with Crippen LogP contribution in [0.3, 0.4) is 0 Å². The summed E-state index contributed by atoms with van der Waals surface area (Å²) in [6, 6.07) is 17.1. The van der Waals surface area contributed by atoms with Gasteiger partial charge in [-0.25, -0.2) is 9.97 Å². The predicted molar refractivity (Wildman–Crippen MR) is 118 cm³/mol. The molecule has 0 unspecified atom stereocenters. The zero-order valence-corrected chi connectivity index (χ0v) is 17.4. The molecule has 1 N–H and O–H groups in total. The Morgan fingerprint density at radius 1 is 1.03 bits per heavy atom. The first-order valence-corrected chi connectivity index (χ1v) is 10.4. The fourth-order valence-electron chi connectivity index (χ4n) is 4.02. The number of piperidine rings is 1. The number of carbonyl (C=O) groups excluding carboxylic acids is 2. The molecule has 0 atom stereocenters. The van der Waals surface area contributed by atoms with Crippen molar-refractivity contribution in [2.45, 2.75) is 26.2 Å². The monoisotopic (exact) mass is 414 g/mol. The second-order valence-electron chi connectivity index (χ2n) is 7.90. The maximum absolute atomic E-state index is 12.6. The van der Waals surface area contributed by atoms with Gasteiger partial charge in [-0.15, -0.1) is 0 Å². The number of aryl methyl sites for hydroxylation is 1. The minimum absolute atomic E-state index is 0.0296. The molecule has 157 valence electrons. The summed E-state index contributed by atoms with van der Waals surface area (Å²) >= 11 is 0. The molecule has 2 aromatic carbocycles. The average Bonchev–Trinajstić information content (AvgIpc) is 2.82. The zero-order valence-electron chi connectivity index (χ0n) is 17.4. The summed E-state index contributed by atoms with van der Waals surface area (Å²) in [4.78, 5) is 34.3. The minimum atomic E-state index is -0.192. The van der Waals surface area contributed by atoms with E-state index in [1.165, 1.54) is 0 Å². The first kappa shape index (κ1) is 20.7. The lowest BCUT2D eigenvalue weighted by molar-refractivity contribution is 0.103. The van der Waals surface area contributed by atoms with E-state index in [9.17, 15) is 14.7 Å². The van der Waals surface area contributed by atoms with Gasteiger partial charge in [0.05, 0.1) is 5.69 Å². The van der Waals surface area contributed by atoms with Crippen molar-refractivity contribution in [2.75, 3.05) is 18.0 Å². The van der Waals surface area contributed by atoms with E-state index in [2.05, 4.69) is 14.9 Å². The van der Waals surface area contributed by atoms with E-state index in [1.54, 1.807) is 13.2 Å². The molecule has 0 spiro atoms. The second kappa shape index (κ2) is 9.08. The summed E-state index contributed by atoms with van der Waals surface area (Å²) in [5.74, 6) is 0.833. The zero-order chi connectivity index (χ0) is 21.8. The van der Waals surface area contributed by atoms with Crippen molar-refractivity contribution in [3.63, 3.8) is 0 Å². The molecule has 0 aliphatic carbocycles. The number of benzene rings is 2. The minimum Gasteiger partial charge on any atom is -0.504 e. The molecule has 3 aromatic rings. The van der Waals surface area contributed by atoms with Gasteiger partial charge in [0.2, 0.25) is 0 Å². The van der Waals surface area contributed by atoms with Crippen LogP contribution in [0.5, 0.6) is 5.75 Å². The Morgan fingerprint density at radius 3 is 2.32 bits per heavy atom. The van der Waals surface area contributed by atoms with E-state index in [0.717, 1.165) is 31.6 Å². The number of hydrogen-bond acceptors (Lipinski definition) is 6. The van der Waals surface area contributed by atoms with Gasteiger partial charge >= 0.3 is 0 Å². The molecule has 0 saturated carbocycles. The van der Waals surface area contributed by atoms with Gasteiger partial charge in [0.25, 0.3) is 6.29 Å². The van der Waals surface area contributed by atoms with Gasteiger partial charge in [0.1, 0.15) is 5.82 Å². The molecule has 1 aromatic heterocycles. The van der Waals surface area contributed by atoms with Gasteiger partial charge in [-0.05, 0) is 49.9 Å². The topological polar surface area (TPSA) is 83.4 Å². The van der Waals surface area contributed by atoms with E-state index in [0.29, 0.717) is 35.0 Å². The van der Waals surface area contributed by atoms with Crippen LogP contribution in [0.15, 0.2) is 54.6 Å². The molecule has 1 radical (unpaired) electrons. The van der Waals surface area contributed by atoms with Crippen LogP contribution < -0.4 is 4.90 Å². The first-order valence-electron chi connectivity index (χ1n) is 10.4. The molecule has 1 aliphatic rings. The molecule has 4 rings (SSSR count). The van der Waals surface area contributed by atoms with E-state index in [4.69, 9.17) is 0 Å². The third kappa shape index (κ3) is 4.63. The lowest BCUT2D eigenvalue weighted by atomic mass is 9.92. The normalized spacial score (nSPS) is 14.4. The van der Waals surface area contributed by atoms with Crippen molar-refractivity contribution in [1.29, 1.82) is 0 Å². The molecule has 31 heavy (non-hydrogen) atoms. The number of carbonyl (C=O) groups is 1. The van der Waals surface area contributed by atoms with Crippen LogP contribution in [0, 0.1) is 12.8 Å². The fourth-order valence-corrected chi connectivity index (χ4v) is 4.02. The van der Waals surface area contributed by atoms with Crippen LogP contribution in [0.1, 0.15) is 46.0 Å². The summed E-state index contributed by atoms with van der Waals surface area (Å²) < 4.78 is 0. The Labute approximate surface area is 181 Å². The van der Waals surface area contributed by atoms with E-state index in [-0.39, 0.29) is 17.2 Å². The third-order valence-corrected chi connectivity index (χ3v) is 5.82. The highest BCUT2D eigenvalue weighted by molar-refractivity contribution is 6.09. The fraction of sp³-hybridized carbons (Fsp3) is 0.280. The molecular formula is C25H24N3O3. The van der Waals surface area contributed by atoms with Crippen LogP contribution in [0.25, 0.3) is 0 Å². The highest BCUT2D eigenvalue weighted by atomic mass is 16.3. The van der Waals surface area contributed by atoms with Crippen molar-refractivity contribution in [2.24, 2.45) is 5.92 Å². The van der Waals surface area contributed by atoms with E-state index >= 15 is 0 Å². The highest BCUT2D eigenvalue weighted by Gasteiger charge is 2.22. The summed E-state index contributed by atoms with van der Waals surface area (Å²) in [5, 5.41) is 9.79. The number of hydrogen-bond donors (Lipinski definition) is 1. The van der Waals surface area contributed by atoms with E-state index in [1.807, 2.05) is 54.6 Å². The van der Waals surface area contributed by atoms with Crippen molar-refractivity contribution < 1.29 is 14.7 Å². The molecule has 6 heteroatoms. The lowest BCUT2D eigenvalue weighted by Crippen LogP contribution is -2.34. The maximum Gasteiger partial charge on any atom is 0.257 e. The van der Waals surface area contributed by atoms with E-state index < -0.39 is 0 Å². The molecule has 1 saturated heterocycles. The smallest absolute Gasteiger partial charge is 0.257 e. The largest absolute Gasteiger partial charge is 0.504 e. The standard InChI is InChI=1S/C25H24N3O3/c1-17-24(30)22(16-29)27-23(26-17)15-18-11-13-28(14-12-18)21-9-7-20(8-10-21)25(31)19-5-3-2-4-6-19/h2-10,18,30H,11-15H2,1H3. The van der Waals surface area contributed by atoms with Gasteiger partial charge in [0, 0.05) is 36.3 Å². The molecule has 1 fully saturated rings. The number of rotatable bonds is 6. The second-order valence-corrected chi connectivity index (χ2v) is 7.90. The van der Waals surface area contributed by atoms with Gasteiger partial charge < -0.3 is 10.0 Å². The maximum atomic E-state index is 12.6. The van der Waals surface area contributed by atoms with Gasteiger partial charge in [-0.2, -0.15) is 0 Å². The lowest BCUT2D eigenvalue weighted by Gasteiger charge is -2.33. The molecule has 0 amide bonds. The summed E-state index contributed by atoms with van der Waals surface area (Å²) in [6.45, 7) is 3.47. The molecule has 2 heterocycles. The van der Waals surface area contributed by atoms with Gasteiger partial charge in [-0.3, -0.25) is 9.59 Å². The predicted octanol–water partition coefficient (Wildman–Crippen LogP) is 3.64. The summed E-state index contributed by atoms with van der Waals surface area (Å²) in [5.41, 5.74) is 2.83. The number of ketones is 1. The number of anilines is 1. The quantitative estimate of drug-likeness (QED) is 0.620. The van der Waals surface area contributed by atoms with Crippen LogP contribution >= 0.6 is 0 Å². The Morgan fingerprint density at radius 2 is 1.68 bits per heavy atom. The first-order chi connectivity index (χ1) is 15.0. The van der Waals surface area contributed by atoms with Crippen molar-refractivity contribution in [1.82, 2.24) is 9.97 Å². The molecular weight excluding hydrogens is 390 g/mol. The van der Waals surface area contributed by atoms with Gasteiger partial charge in [-0.1, -0.05) is 30.3 Å². The molecule has 0 bridgehead atoms. The van der Waals surface area contributed by atoms with Crippen molar-refractivity contribution >= 4 is 17.8 Å². The van der Waals surface area contributed by atoms with Crippen LogP contribution in [-0.2, 0) is 11.2 Å². The molecule has 1 aliphatic heterocycles. The number of nitrogens with zero attached hydrogens (tertiary/aromatic N) is 3. The Bertz CT molecular complexity index is 1070. The summed E-state index contributed by atoms with van der Waals surface area (Å²) in [6.07, 6.45) is 4.32. The van der Waals surface area contributed by atoms with Crippen LogP contribution in [0.2, 0.25) is 0 Å². The van der Waals surface area contributed by atoms with Crippen LogP contribution in [0.4, 0.5) is 5.69 Å². The number of aromatic nitrogens is 2. The average molecular weight is 414 g/mol. The van der Waals surface area contributed by atoms with Crippen LogP contribution in [-0.4, -0.2) is 40.2 Å². The molecule has 6 nitrogen and oxygen atoms in total. The highest BCUT2D eigenvalue weighted by Crippen LogP contribution is 2.27. The van der Waals surface area contributed by atoms with Crippen molar-refractivity contribution in [3.8, 4) is 5.75 Å². The third-order valence-electron chi connectivity index (χ3n) is 5.82.